The molecular formula is C17H17N3O2S. The highest BCUT2D eigenvalue weighted by Crippen LogP contribution is 2.41. The van der Waals surface area contributed by atoms with Gasteiger partial charge >= 0.3 is 6.09 Å². The zero-order valence-corrected chi connectivity index (χ0v) is 14.0. The summed E-state index contributed by atoms with van der Waals surface area (Å²) in [5.41, 5.74) is 3.03. The Morgan fingerprint density at radius 3 is 2.91 bits per heavy atom. The first-order valence-corrected chi connectivity index (χ1v) is 8.46. The Bertz CT molecular complexity index is 896. The van der Waals surface area contributed by atoms with Crippen LogP contribution in [0.1, 0.15) is 26.3 Å². The fourth-order valence-electron chi connectivity index (χ4n) is 3.01. The largest absolute Gasteiger partial charge is 0.438 e. The maximum absolute atomic E-state index is 12.2. The number of H-pyrrole nitrogens is 1. The van der Waals surface area contributed by atoms with E-state index in [0.717, 1.165) is 33.0 Å². The third-order valence-electron chi connectivity index (χ3n) is 4.17. The van der Waals surface area contributed by atoms with Crippen molar-refractivity contribution < 1.29 is 9.53 Å². The van der Waals surface area contributed by atoms with Gasteiger partial charge in [0.15, 0.2) is 0 Å². The van der Waals surface area contributed by atoms with Crippen molar-refractivity contribution >= 4 is 34.2 Å². The van der Waals surface area contributed by atoms with Crippen LogP contribution in [0, 0.1) is 0 Å². The van der Waals surface area contributed by atoms with Gasteiger partial charge in [-0.25, -0.2) is 9.78 Å². The van der Waals surface area contributed by atoms with Gasteiger partial charge in [-0.3, -0.25) is 4.90 Å². The Balaban J connectivity index is 1.94. The molecule has 23 heavy (non-hydrogen) atoms. The molecule has 0 saturated carbocycles. The molecule has 0 fully saturated rings. The molecule has 1 aliphatic heterocycles. The van der Waals surface area contributed by atoms with Crippen LogP contribution in [0.15, 0.2) is 29.6 Å². The summed E-state index contributed by atoms with van der Waals surface area (Å²) < 4.78 is 5.59. The third kappa shape index (κ3) is 2.13. The average Bonchev–Trinajstić information content (AvgIpc) is 3.14. The van der Waals surface area contributed by atoms with Crippen molar-refractivity contribution in [3.05, 3.63) is 35.2 Å². The minimum absolute atomic E-state index is 0.307. The fraction of sp³-hybridized carbons (Fsp3) is 0.294. The number of nitrogens with one attached hydrogen (secondary N) is 1. The fourth-order valence-corrected chi connectivity index (χ4v) is 3.68. The smallest absolute Gasteiger partial charge is 0.415 e. The number of amides is 1. The topological polar surface area (TPSA) is 58.2 Å². The molecule has 0 atom stereocenters. The number of fused-ring (bicyclic) bond motifs is 2. The molecule has 3 heterocycles. The van der Waals surface area contributed by atoms with Crippen LogP contribution in [-0.2, 0) is 10.3 Å². The summed E-state index contributed by atoms with van der Waals surface area (Å²) in [4.78, 5) is 23.0. The number of aromatic nitrogens is 2. The monoisotopic (exact) mass is 327 g/mol. The lowest BCUT2D eigenvalue weighted by molar-refractivity contribution is 0.0354. The van der Waals surface area contributed by atoms with E-state index >= 15 is 0 Å². The molecule has 1 aromatic carbocycles. The van der Waals surface area contributed by atoms with Crippen molar-refractivity contribution in [3.8, 4) is 10.7 Å². The molecule has 1 amide bonds. The number of carbonyl (C=O) groups is 1. The Kier molecular flexibility index (Phi) is 2.99. The number of hydrogen-bond donors (Lipinski definition) is 1. The van der Waals surface area contributed by atoms with Crippen molar-refractivity contribution in [2.75, 3.05) is 11.4 Å². The molecule has 1 N–H and O–H groups in total. The van der Waals surface area contributed by atoms with Gasteiger partial charge in [0.1, 0.15) is 11.4 Å². The summed E-state index contributed by atoms with van der Waals surface area (Å²) in [5, 5.41) is 2.03. The number of carbonyl (C=O) groups excluding carboxylic acids is 1. The minimum Gasteiger partial charge on any atom is -0.438 e. The summed E-state index contributed by atoms with van der Waals surface area (Å²) in [6.45, 7) is 6.34. The second-order valence-electron chi connectivity index (χ2n) is 6.07. The zero-order valence-electron chi connectivity index (χ0n) is 13.2. The van der Waals surface area contributed by atoms with Gasteiger partial charge in [-0.15, -0.1) is 11.3 Å². The van der Waals surface area contributed by atoms with Crippen molar-refractivity contribution in [2.24, 2.45) is 0 Å². The van der Waals surface area contributed by atoms with E-state index in [0.29, 0.717) is 6.54 Å². The first-order chi connectivity index (χ1) is 11.0. The first kappa shape index (κ1) is 14.3. The van der Waals surface area contributed by atoms with E-state index in [1.807, 2.05) is 50.4 Å². The molecule has 6 heteroatoms. The summed E-state index contributed by atoms with van der Waals surface area (Å²) in [7, 11) is 0. The van der Waals surface area contributed by atoms with Gasteiger partial charge in [0.25, 0.3) is 0 Å². The minimum atomic E-state index is -0.652. The number of ether oxygens (including phenoxy) is 1. The molecule has 0 saturated heterocycles. The predicted molar refractivity (Wildman–Crippen MR) is 91.9 cm³/mol. The number of cyclic esters (lactones) is 1. The van der Waals surface area contributed by atoms with Crippen LogP contribution in [-0.4, -0.2) is 22.6 Å². The molecule has 2 aromatic heterocycles. The average molecular weight is 327 g/mol. The van der Waals surface area contributed by atoms with E-state index in [1.165, 1.54) is 0 Å². The number of imidazole rings is 1. The Morgan fingerprint density at radius 2 is 2.22 bits per heavy atom. The number of aromatic amines is 1. The van der Waals surface area contributed by atoms with Crippen LogP contribution in [0.5, 0.6) is 0 Å². The molecule has 4 rings (SSSR count). The van der Waals surface area contributed by atoms with Crippen LogP contribution in [0.4, 0.5) is 10.5 Å². The van der Waals surface area contributed by atoms with Crippen molar-refractivity contribution in [2.45, 2.75) is 26.4 Å². The Morgan fingerprint density at radius 1 is 1.39 bits per heavy atom. The van der Waals surface area contributed by atoms with Crippen LogP contribution < -0.4 is 4.90 Å². The summed E-state index contributed by atoms with van der Waals surface area (Å²) >= 11 is 1.65. The molecule has 0 bridgehead atoms. The van der Waals surface area contributed by atoms with Gasteiger partial charge in [-0.05, 0) is 44.4 Å². The van der Waals surface area contributed by atoms with Crippen LogP contribution >= 0.6 is 11.3 Å². The molecule has 5 nitrogen and oxygen atoms in total. The van der Waals surface area contributed by atoms with Gasteiger partial charge in [0, 0.05) is 12.1 Å². The highest BCUT2D eigenvalue weighted by Gasteiger charge is 2.38. The van der Waals surface area contributed by atoms with Crippen molar-refractivity contribution in [3.63, 3.8) is 0 Å². The normalized spacial score (nSPS) is 16.5. The molecule has 0 aliphatic carbocycles. The first-order valence-electron chi connectivity index (χ1n) is 7.58. The maximum atomic E-state index is 12.2. The molecule has 0 spiro atoms. The number of anilines is 1. The molecule has 118 valence electrons. The van der Waals surface area contributed by atoms with Gasteiger partial charge in [-0.1, -0.05) is 6.07 Å². The lowest BCUT2D eigenvalue weighted by Gasteiger charge is -2.38. The molecular weight excluding hydrogens is 310 g/mol. The summed E-state index contributed by atoms with van der Waals surface area (Å²) in [6, 6.07) is 8.07. The summed E-state index contributed by atoms with van der Waals surface area (Å²) in [5.74, 6) is 0.852. The Labute approximate surface area is 137 Å². The zero-order chi connectivity index (χ0) is 16.2. The van der Waals surface area contributed by atoms with Gasteiger partial charge in [0.2, 0.25) is 0 Å². The number of benzene rings is 1. The van der Waals surface area contributed by atoms with E-state index in [4.69, 9.17) is 4.74 Å². The molecule has 0 unspecified atom stereocenters. The maximum Gasteiger partial charge on any atom is 0.415 e. The second kappa shape index (κ2) is 4.83. The standard InChI is InChI=1S/C17H17N3O2S/c1-4-20-13-9-12-11(8-10(13)17(2,3)22-16(20)21)18-15(19-12)14-6-5-7-23-14/h5-9H,4H2,1-3H3,(H,18,19). The molecule has 3 aromatic rings. The van der Waals surface area contributed by atoms with Gasteiger partial charge in [0.05, 0.1) is 21.6 Å². The van der Waals surface area contributed by atoms with E-state index in [2.05, 4.69) is 9.97 Å². The molecule has 1 aliphatic rings. The van der Waals surface area contributed by atoms with Gasteiger partial charge < -0.3 is 9.72 Å². The number of thiophene rings is 1. The number of nitrogens with zero attached hydrogens (tertiary/aromatic N) is 2. The van der Waals surface area contributed by atoms with Gasteiger partial charge in [-0.2, -0.15) is 0 Å². The highest BCUT2D eigenvalue weighted by molar-refractivity contribution is 7.13. The lowest BCUT2D eigenvalue weighted by Crippen LogP contribution is -2.43. The van der Waals surface area contributed by atoms with Crippen LogP contribution in [0.25, 0.3) is 21.7 Å². The van der Waals surface area contributed by atoms with Crippen molar-refractivity contribution in [1.29, 1.82) is 0 Å². The summed E-state index contributed by atoms with van der Waals surface area (Å²) in [6.07, 6.45) is -0.307. The van der Waals surface area contributed by atoms with E-state index in [1.54, 1.807) is 16.2 Å². The number of hydrogen-bond acceptors (Lipinski definition) is 4. The third-order valence-corrected chi connectivity index (χ3v) is 5.05. The SMILES string of the molecule is CCN1C(=O)OC(C)(C)c2cc3[nH]c(-c4cccs4)nc3cc21. The number of rotatable bonds is 2. The van der Waals surface area contributed by atoms with E-state index in [9.17, 15) is 4.79 Å². The van der Waals surface area contributed by atoms with Crippen LogP contribution in [0.2, 0.25) is 0 Å². The second-order valence-corrected chi connectivity index (χ2v) is 7.02. The van der Waals surface area contributed by atoms with Crippen molar-refractivity contribution in [1.82, 2.24) is 9.97 Å². The predicted octanol–water partition coefficient (Wildman–Crippen LogP) is 4.50. The lowest BCUT2D eigenvalue weighted by atomic mass is 9.93. The molecule has 0 radical (unpaired) electrons. The van der Waals surface area contributed by atoms with E-state index < -0.39 is 5.60 Å². The van der Waals surface area contributed by atoms with E-state index in [-0.39, 0.29) is 6.09 Å². The highest BCUT2D eigenvalue weighted by atomic mass is 32.1. The quantitative estimate of drug-likeness (QED) is 0.754. The van der Waals surface area contributed by atoms with Crippen LogP contribution in [0.3, 0.4) is 0 Å². The Hall–Kier alpha value is -2.34.